The maximum atomic E-state index is 13.8. The SMILES string of the molecule is COC(=O)c1nc2n(n1)[C@@H](c1cccc(F)c1)C1=C(CCCC1=O)N2. The Kier molecular flexibility index (Phi) is 3.60. The standard InChI is InChI=1S/C17H15FN4O3/c1-25-16(24)15-20-17-19-11-6-3-7-12(23)13(11)14(22(17)21-15)9-4-2-5-10(18)8-9/h2,4-5,8,14H,3,6-7H2,1H3,(H,19,20,21)/t14-/m0/s1. The van der Waals surface area contributed by atoms with Crippen molar-refractivity contribution in [3.05, 3.63) is 52.7 Å². The van der Waals surface area contributed by atoms with Crippen LogP contribution < -0.4 is 5.32 Å². The molecule has 0 saturated carbocycles. The molecule has 0 bridgehead atoms. The number of hydrogen-bond donors (Lipinski definition) is 1. The third-order valence-electron chi connectivity index (χ3n) is 4.40. The van der Waals surface area contributed by atoms with Crippen LogP contribution in [0.25, 0.3) is 0 Å². The van der Waals surface area contributed by atoms with Crippen LogP contribution >= 0.6 is 0 Å². The zero-order chi connectivity index (χ0) is 17.6. The van der Waals surface area contributed by atoms with E-state index in [0.717, 1.165) is 12.1 Å². The number of aromatic nitrogens is 3. The van der Waals surface area contributed by atoms with Crippen molar-refractivity contribution in [2.45, 2.75) is 25.3 Å². The Morgan fingerprint density at radius 2 is 2.24 bits per heavy atom. The van der Waals surface area contributed by atoms with Crippen molar-refractivity contribution in [3.63, 3.8) is 0 Å². The minimum atomic E-state index is -0.675. The van der Waals surface area contributed by atoms with Crippen molar-refractivity contribution >= 4 is 17.7 Å². The highest BCUT2D eigenvalue weighted by Gasteiger charge is 2.37. The van der Waals surface area contributed by atoms with Gasteiger partial charge in [-0.15, -0.1) is 5.10 Å². The van der Waals surface area contributed by atoms with Crippen LogP contribution in [0, 0.1) is 5.82 Å². The van der Waals surface area contributed by atoms with E-state index in [4.69, 9.17) is 0 Å². The maximum Gasteiger partial charge on any atom is 0.378 e. The summed E-state index contributed by atoms with van der Waals surface area (Å²) in [5, 5.41) is 7.28. The number of anilines is 1. The second-order valence-corrected chi connectivity index (χ2v) is 5.95. The summed E-state index contributed by atoms with van der Waals surface area (Å²) in [5.41, 5.74) is 1.87. The Morgan fingerprint density at radius 1 is 1.40 bits per heavy atom. The van der Waals surface area contributed by atoms with Crippen molar-refractivity contribution in [1.29, 1.82) is 0 Å². The van der Waals surface area contributed by atoms with E-state index in [-0.39, 0.29) is 11.6 Å². The highest BCUT2D eigenvalue weighted by molar-refractivity contribution is 5.99. The number of ketones is 1. The first-order valence-corrected chi connectivity index (χ1v) is 7.92. The molecule has 25 heavy (non-hydrogen) atoms. The normalized spacial score (nSPS) is 19.1. The molecule has 2 aliphatic rings. The fourth-order valence-corrected chi connectivity index (χ4v) is 3.32. The van der Waals surface area contributed by atoms with Gasteiger partial charge in [0.05, 0.1) is 7.11 Å². The van der Waals surface area contributed by atoms with Crippen LogP contribution in [0.15, 0.2) is 35.5 Å². The van der Waals surface area contributed by atoms with Crippen LogP contribution in [0.3, 0.4) is 0 Å². The molecule has 0 spiro atoms. The number of Topliss-reactive ketones (excluding diaryl/α,β-unsaturated/α-hetero) is 1. The summed E-state index contributed by atoms with van der Waals surface area (Å²) in [7, 11) is 1.24. The van der Waals surface area contributed by atoms with Gasteiger partial charge in [-0.25, -0.2) is 13.9 Å². The summed E-state index contributed by atoms with van der Waals surface area (Å²) in [4.78, 5) is 28.5. The lowest BCUT2D eigenvalue weighted by molar-refractivity contribution is -0.116. The summed E-state index contributed by atoms with van der Waals surface area (Å²) < 4.78 is 19.9. The highest BCUT2D eigenvalue weighted by atomic mass is 19.1. The number of rotatable bonds is 2. The molecule has 0 saturated heterocycles. The largest absolute Gasteiger partial charge is 0.463 e. The number of hydrogen-bond acceptors (Lipinski definition) is 6. The maximum absolute atomic E-state index is 13.8. The molecule has 1 aromatic carbocycles. The first-order valence-electron chi connectivity index (χ1n) is 7.92. The number of benzene rings is 1. The number of esters is 1. The quantitative estimate of drug-likeness (QED) is 0.842. The van der Waals surface area contributed by atoms with Crippen LogP contribution in [-0.2, 0) is 9.53 Å². The number of fused-ring (bicyclic) bond motifs is 1. The molecule has 0 radical (unpaired) electrons. The number of allylic oxidation sites excluding steroid dienone is 2. The number of carbonyl (C=O) groups is 2. The first kappa shape index (κ1) is 15.5. The number of nitrogens with one attached hydrogen (secondary N) is 1. The molecule has 1 aliphatic heterocycles. The molecule has 128 valence electrons. The number of nitrogens with zero attached hydrogens (tertiary/aromatic N) is 3. The van der Waals surface area contributed by atoms with Crippen LogP contribution in [-0.4, -0.2) is 33.6 Å². The molecule has 0 fully saturated rings. The van der Waals surface area contributed by atoms with E-state index in [1.54, 1.807) is 12.1 Å². The van der Waals surface area contributed by atoms with Crippen LogP contribution in [0.2, 0.25) is 0 Å². The molecular weight excluding hydrogens is 327 g/mol. The van der Waals surface area contributed by atoms with E-state index in [1.165, 1.54) is 23.9 Å². The molecule has 0 amide bonds. The Balaban J connectivity index is 1.91. The molecular formula is C17H15FN4O3. The van der Waals surface area contributed by atoms with Crippen molar-refractivity contribution in [1.82, 2.24) is 14.8 Å². The van der Waals surface area contributed by atoms with E-state index < -0.39 is 17.8 Å². The lowest BCUT2D eigenvalue weighted by Crippen LogP contribution is -2.31. The number of ether oxygens (including phenoxy) is 1. The molecule has 1 N–H and O–H groups in total. The second kappa shape index (κ2) is 5.80. The average Bonchev–Trinajstić information content (AvgIpc) is 3.03. The molecule has 7 nitrogen and oxygen atoms in total. The third kappa shape index (κ3) is 2.50. The van der Waals surface area contributed by atoms with Crippen molar-refractivity contribution in [3.8, 4) is 0 Å². The molecule has 0 unspecified atom stereocenters. The molecule has 1 aliphatic carbocycles. The molecule has 1 atom stereocenters. The van der Waals surface area contributed by atoms with E-state index in [9.17, 15) is 14.0 Å². The van der Waals surface area contributed by atoms with Crippen molar-refractivity contribution < 1.29 is 18.7 Å². The number of carbonyl (C=O) groups excluding carboxylic acids is 2. The molecule has 4 rings (SSSR count). The minimum absolute atomic E-state index is 0.0104. The van der Waals surface area contributed by atoms with Gasteiger partial charge in [0.15, 0.2) is 5.78 Å². The van der Waals surface area contributed by atoms with Crippen molar-refractivity contribution in [2.24, 2.45) is 0 Å². The average molecular weight is 342 g/mol. The Morgan fingerprint density at radius 3 is 3.00 bits per heavy atom. The zero-order valence-corrected chi connectivity index (χ0v) is 13.5. The smallest absolute Gasteiger partial charge is 0.378 e. The third-order valence-corrected chi connectivity index (χ3v) is 4.40. The summed E-state index contributed by atoms with van der Waals surface area (Å²) >= 11 is 0. The Labute approximate surface area is 142 Å². The van der Waals surface area contributed by atoms with Gasteiger partial charge < -0.3 is 10.1 Å². The van der Waals surface area contributed by atoms with Gasteiger partial charge in [0.25, 0.3) is 5.82 Å². The van der Waals surface area contributed by atoms with Gasteiger partial charge in [-0.2, -0.15) is 4.98 Å². The van der Waals surface area contributed by atoms with Crippen LogP contribution in [0.4, 0.5) is 10.3 Å². The van der Waals surface area contributed by atoms with E-state index in [1.807, 2.05) is 0 Å². The van der Waals surface area contributed by atoms with Gasteiger partial charge in [0.1, 0.15) is 11.9 Å². The fraction of sp³-hybridized carbons (Fsp3) is 0.294. The van der Waals surface area contributed by atoms with Gasteiger partial charge >= 0.3 is 5.97 Å². The summed E-state index contributed by atoms with van der Waals surface area (Å²) in [6, 6.07) is 5.39. The monoisotopic (exact) mass is 342 g/mol. The predicted octanol–water partition coefficient (Wildman–Crippen LogP) is 2.23. The van der Waals surface area contributed by atoms with E-state index in [0.29, 0.717) is 29.9 Å². The molecule has 8 heteroatoms. The van der Waals surface area contributed by atoms with E-state index >= 15 is 0 Å². The minimum Gasteiger partial charge on any atom is -0.463 e. The summed E-state index contributed by atoms with van der Waals surface area (Å²) in [6.07, 6.45) is 1.85. The van der Waals surface area contributed by atoms with Gasteiger partial charge in [-0.05, 0) is 30.5 Å². The molecule has 2 aromatic rings. The molecule has 2 heterocycles. The number of halogens is 1. The molecule has 1 aromatic heterocycles. The Bertz CT molecular complexity index is 918. The van der Waals surface area contributed by atoms with Gasteiger partial charge in [0.2, 0.25) is 5.95 Å². The lowest BCUT2D eigenvalue weighted by atomic mass is 9.85. The topological polar surface area (TPSA) is 86.1 Å². The van der Waals surface area contributed by atoms with Crippen molar-refractivity contribution in [2.75, 3.05) is 12.4 Å². The van der Waals surface area contributed by atoms with Crippen LogP contribution in [0.1, 0.15) is 41.5 Å². The van der Waals surface area contributed by atoms with Gasteiger partial charge in [-0.1, -0.05) is 12.1 Å². The second-order valence-electron chi connectivity index (χ2n) is 5.95. The van der Waals surface area contributed by atoms with Crippen LogP contribution in [0.5, 0.6) is 0 Å². The number of methoxy groups -OCH3 is 1. The summed E-state index contributed by atoms with van der Waals surface area (Å²) in [5.74, 6) is -0.868. The summed E-state index contributed by atoms with van der Waals surface area (Å²) in [6.45, 7) is 0. The first-order chi connectivity index (χ1) is 12.1. The Hall–Kier alpha value is -3.03. The predicted molar refractivity (Wildman–Crippen MR) is 85.4 cm³/mol. The lowest BCUT2D eigenvalue weighted by Gasteiger charge is -2.32. The highest BCUT2D eigenvalue weighted by Crippen LogP contribution is 2.39. The van der Waals surface area contributed by atoms with E-state index in [2.05, 4.69) is 20.1 Å². The van der Waals surface area contributed by atoms with Gasteiger partial charge in [-0.3, -0.25) is 4.79 Å². The zero-order valence-electron chi connectivity index (χ0n) is 13.5. The fourth-order valence-electron chi connectivity index (χ4n) is 3.32. The van der Waals surface area contributed by atoms with Gasteiger partial charge in [0, 0.05) is 17.7 Å².